The Morgan fingerprint density at radius 2 is 1.50 bits per heavy atom. The van der Waals surface area contributed by atoms with Crippen LogP contribution in [0.25, 0.3) is 0 Å². The summed E-state index contributed by atoms with van der Waals surface area (Å²) in [4.78, 5) is 11.6. The van der Waals surface area contributed by atoms with Crippen molar-refractivity contribution in [2.45, 2.75) is 0 Å². The van der Waals surface area contributed by atoms with Crippen LogP contribution in [-0.2, 0) is 0 Å². The third-order valence-electron chi connectivity index (χ3n) is 2.28. The van der Waals surface area contributed by atoms with Crippen LogP contribution in [-0.4, -0.2) is 11.2 Å². The largest absolute Gasteiger partial charge is 0.364 e. The number of hydrazine groups is 1. The van der Waals surface area contributed by atoms with E-state index in [-0.39, 0.29) is 0 Å². The highest BCUT2D eigenvalue weighted by Crippen LogP contribution is 2.10. The molecule has 2 rings (SSSR count). The molecule has 0 radical (unpaired) electrons. The van der Waals surface area contributed by atoms with E-state index in [0.29, 0.717) is 10.8 Å². The van der Waals surface area contributed by atoms with Gasteiger partial charge >= 0.3 is 6.03 Å². The first-order valence-corrected chi connectivity index (χ1v) is 5.42. The standard InChI is InChI=1S/C13H13N3O2/c17-13(15-14-11-7-3-1-4-8-11)16(18)12-9-5-2-6-10-12/h1-10,14,18H,(H,15,17). The van der Waals surface area contributed by atoms with Gasteiger partial charge in [-0.2, -0.15) is 5.06 Å². The molecule has 0 aliphatic heterocycles. The van der Waals surface area contributed by atoms with Crippen molar-refractivity contribution in [3.8, 4) is 0 Å². The molecule has 5 heteroatoms. The zero-order valence-corrected chi connectivity index (χ0v) is 9.58. The normalized spacial score (nSPS) is 9.61. The lowest BCUT2D eigenvalue weighted by Crippen LogP contribution is -2.40. The molecule has 2 aromatic rings. The summed E-state index contributed by atoms with van der Waals surface area (Å²) in [7, 11) is 0. The van der Waals surface area contributed by atoms with Crippen LogP contribution in [0.5, 0.6) is 0 Å². The molecule has 0 fully saturated rings. The van der Waals surface area contributed by atoms with Crippen LogP contribution in [0, 0.1) is 0 Å². The van der Waals surface area contributed by atoms with Gasteiger partial charge < -0.3 is 0 Å². The predicted molar refractivity (Wildman–Crippen MR) is 69.3 cm³/mol. The first-order chi connectivity index (χ1) is 8.77. The fourth-order valence-corrected chi connectivity index (χ4v) is 1.39. The fourth-order valence-electron chi connectivity index (χ4n) is 1.39. The fraction of sp³-hybridized carbons (Fsp3) is 0. The molecule has 0 saturated heterocycles. The Labute approximate surface area is 105 Å². The molecule has 0 spiro atoms. The Morgan fingerprint density at radius 1 is 0.944 bits per heavy atom. The molecule has 0 aromatic heterocycles. The van der Waals surface area contributed by atoms with E-state index in [9.17, 15) is 10.0 Å². The van der Waals surface area contributed by atoms with Crippen LogP contribution in [0.3, 0.4) is 0 Å². The number of urea groups is 1. The maximum absolute atomic E-state index is 11.6. The van der Waals surface area contributed by atoms with E-state index in [4.69, 9.17) is 0 Å². The lowest BCUT2D eigenvalue weighted by molar-refractivity contribution is 0.206. The van der Waals surface area contributed by atoms with Crippen LogP contribution in [0.15, 0.2) is 60.7 Å². The van der Waals surface area contributed by atoms with Gasteiger partial charge in [-0.1, -0.05) is 36.4 Å². The molecule has 18 heavy (non-hydrogen) atoms. The number of rotatable bonds is 3. The van der Waals surface area contributed by atoms with E-state index < -0.39 is 6.03 Å². The second kappa shape index (κ2) is 5.70. The highest BCUT2D eigenvalue weighted by Gasteiger charge is 2.11. The monoisotopic (exact) mass is 243 g/mol. The molecule has 3 N–H and O–H groups in total. The van der Waals surface area contributed by atoms with E-state index in [1.807, 2.05) is 18.2 Å². The number of amides is 2. The van der Waals surface area contributed by atoms with E-state index in [0.717, 1.165) is 5.69 Å². The molecular weight excluding hydrogens is 230 g/mol. The van der Waals surface area contributed by atoms with E-state index in [2.05, 4.69) is 10.9 Å². The van der Waals surface area contributed by atoms with Crippen LogP contribution in [0.4, 0.5) is 16.2 Å². The molecule has 0 atom stereocenters. The molecular formula is C13H13N3O2. The van der Waals surface area contributed by atoms with E-state index >= 15 is 0 Å². The van der Waals surface area contributed by atoms with Crippen molar-refractivity contribution in [1.29, 1.82) is 0 Å². The first kappa shape index (κ1) is 11.9. The lowest BCUT2D eigenvalue weighted by atomic mass is 10.3. The lowest BCUT2D eigenvalue weighted by Gasteiger charge is -2.16. The maximum atomic E-state index is 11.6. The quantitative estimate of drug-likeness (QED) is 0.573. The molecule has 92 valence electrons. The molecule has 0 aliphatic carbocycles. The van der Waals surface area contributed by atoms with Gasteiger partial charge in [0.2, 0.25) is 0 Å². The molecule has 0 heterocycles. The van der Waals surface area contributed by atoms with Crippen molar-refractivity contribution in [1.82, 2.24) is 5.43 Å². The van der Waals surface area contributed by atoms with Crippen LogP contribution in [0.2, 0.25) is 0 Å². The summed E-state index contributed by atoms with van der Waals surface area (Å²) >= 11 is 0. The van der Waals surface area contributed by atoms with Gasteiger partial charge in [-0.15, -0.1) is 0 Å². The van der Waals surface area contributed by atoms with Gasteiger partial charge in [-0.05, 0) is 24.3 Å². The zero-order valence-electron chi connectivity index (χ0n) is 9.58. The minimum absolute atomic E-state index is 0.393. The summed E-state index contributed by atoms with van der Waals surface area (Å²) in [5, 5.41) is 10.2. The predicted octanol–water partition coefficient (Wildman–Crippen LogP) is 2.62. The van der Waals surface area contributed by atoms with E-state index in [1.54, 1.807) is 42.5 Å². The third-order valence-corrected chi connectivity index (χ3v) is 2.28. The molecule has 5 nitrogen and oxygen atoms in total. The number of hydroxylamine groups is 1. The Hall–Kier alpha value is -2.53. The third kappa shape index (κ3) is 2.99. The topological polar surface area (TPSA) is 64.6 Å². The number of hydrogen-bond donors (Lipinski definition) is 3. The maximum Gasteiger partial charge on any atom is 0.364 e. The molecule has 0 aliphatic rings. The van der Waals surface area contributed by atoms with Gasteiger partial charge in [-0.3, -0.25) is 10.6 Å². The number of hydrogen-bond acceptors (Lipinski definition) is 3. The van der Waals surface area contributed by atoms with Crippen LogP contribution >= 0.6 is 0 Å². The van der Waals surface area contributed by atoms with Crippen molar-refractivity contribution in [3.05, 3.63) is 60.7 Å². The highest BCUT2D eigenvalue weighted by molar-refractivity contribution is 5.90. The van der Waals surface area contributed by atoms with Gasteiger partial charge in [0.05, 0.1) is 11.4 Å². The average molecular weight is 243 g/mol. The van der Waals surface area contributed by atoms with Gasteiger partial charge in [0.25, 0.3) is 0 Å². The van der Waals surface area contributed by atoms with Crippen molar-refractivity contribution >= 4 is 17.4 Å². The Balaban J connectivity index is 1.93. The summed E-state index contributed by atoms with van der Waals surface area (Å²) in [5.41, 5.74) is 6.20. The smallest absolute Gasteiger partial charge is 0.297 e. The summed E-state index contributed by atoms with van der Waals surface area (Å²) in [5.74, 6) is 0. The summed E-state index contributed by atoms with van der Waals surface area (Å²) < 4.78 is 0. The SMILES string of the molecule is O=C(NNc1ccccc1)N(O)c1ccccc1. The Morgan fingerprint density at radius 3 is 2.11 bits per heavy atom. The summed E-state index contributed by atoms with van der Waals surface area (Å²) in [6.45, 7) is 0. The molecule has 2 aromatic carbocycles. The minimum atomic E-state index is -0.662. The molecule has 2 amide bonds. The number of carbonyl (C=O) groups excluding carboxylic acids is 1. The van der Waals surface area contributed by atoms with Crippen LogP contribution < -0.4 is 15.9 Å². The second-order valence-electron chi connectivity index (χ2n) is 3.57. The molecule has 0 saturated carbocycles. The van der Waals surface area contributed by atoms with Crippen molar-refractivity contribution in [3.63, 3.8) is 0 Å². The highest BCUT2D eigenvalue weighted by atomic mass is 16.5. The van der Waals surface area contributed by atoms with Gasteiger partial charge in [0, 0.05) is 0 Å². The van der Waals surface area contributed by atoms with Crippen LogP contribution in [0.1, 0.15) is 0 Å². The van der Waals surface area contributed by atoms with Gasteiger partial charge in [0.15, 0.2) is 0 Å². The van der Waals surface area contributed by atoms with Crippen molar-refractivity contribution < 1.29 is 10.0 Å². The van der Waals surface area contributed by atoms with Crippen molar-refractivity contribution in [2.24, 2.45) is 0 Å². The molecule has 0 bridgehead atoms. The number of nitrogens with one attached hydrogen (secondary N) is 2. The molecule has 0 unspecified atom stereocenters. The van der Waals surface area contributed by atoms with Gasteiger partial charge in [-0.25, -0.2) is 10.2 Å². The Bertz CT molecular complexity index is 502. The average Bonchev–Trinajstić information content (AvgIpc) is 2.46. The first-order valence-electron chi connectivity index (χ1n) is 5.42. The Kier molecular flexibility index (Phi) is 3.78. The second-order valence-corrected chi connectivity index (χ2v) is 3.57. The minimum Gasteiger partial charge on any atom is -0.297 e. The van der Waals surface area contributed by atoms with Gasteiger partial charge in [0.1, 0.15) is 0 Å². The summed E-state index contributed by atoms with van der Waals surface area (Å²) in [6, 6.07) is 17.0. The van der Waals surface area contributed by atoms with E-state index in [1.165, 1.54) is 0 Å². The zero-order chi connectivity index (χ0) is 12.8. The number of nitrogens with zero attached hydrogens (tertiary/aromatic N) is 1. The number of benzene rings is 2. The number of anilines is 2. The number of para-hydroxylation sites is 2. The summed E-state index contributed by atoms with van der Waals surface area (Å²) in [6.07, 6.45) is 0. The number of carbonyl (C=O) groups is 1. The van der Waals surface area contributed by atoms with Crippen molar-refractivity contribution in [2.75, 3.05) is 10.5 Å².